The van der Waals surface area contributed by atoms with Crippen LogP contribution in [0.1, 0.15) is 13.3 Å². The van der Waals surface area contributed by atoms with Crippen molar-refractivity contribution in [1.82, 2.24) is 0 Å². The van der Waals surface area contributed by atoms with Crippen molar-refractivity contribution in [3.8, 4) is 0 Å². The quantitative estimate of drug-likeness (QED) is 0.335. The average molecular weight is 160 g/mol. The van der Waals surface area contributed by atoms with Crippen LogP contribution in [0.5, 0.6) is 0 Å². The molecule has 0 aliphatic carbocycles. The van der Waals surface area contributed by atoms with Crippen LogP contribution in [0.2, 0.25) is 0 Å². The average Bonchev–Trinajstić information content (AvgIpc) is 1.97. The van der Waals surface area contributed by atoms with Gasteiger partial charge in [0.2, 0.25) is 0 Å². The lowest BCUT2D eigenvalue weighted by molar-refractivity contribution is 0.0457. The van der Waals surface area contributed by atoms with Crippen LogP contribution < -0.4 is 5.73 Å². The lowest BCUT2D eigenvalue weighted by atomic mass is 10.2. The molecule has 0 aromatic carbocycles. The van der Waals surface area contributed by atoms with Crippen molar-refractivity contribution in [3.05, 3.63) is 0 Å². The van der Waals surface area contributed by atoms with Crippen molar-refractivity contribution in [2.24, 2.45) is 5.73 Å². The largest absolute Gasteiger partial charge is 0.385 e. The van der Waals surface area contributed by atoms with Gasteiger partial charge in [0.1, 0.15) is 11.9 Å². The zero-order valence-corrected chi connectivity index (χ0v) is 7.09. The number of methoxy groups -OCH3 is 1. The first-order valence-corrected chi connectivity index (χ1v) is 3.66. The number of hydrogen-bond acceptors (Lipinski definition) is 3. The molecule has 0 bridgehead atoms. The highest BCUT2D eigenvalue weighted by molar-refractivity contribution is 5.81. The van der Waals surface area contributed by atoms with Gasteiger partial charge < -0.3 is 15.2 Å². The number of ether oxygens (including phenoxy) is 2. The minimum Gasteiger partial charge on any atom is -0.385 e. The summed E-state index contributed by atoms with van der Waals surface area (Å²) in [6.45, 7) is 2.97. The van der Waals surface area contributed by atoms with E-state index in [0.717, 1.165) is 6.42 Å². The van der Waals surface area contributed by atoms with Gasteiger partial charge >= 0.3 is 0 Å². The van der Waals surface area contributed by atoms with E-state index in [1.54, 1.807) is 7.11 Å². The van der Waals surface area contributed by atoms with Crippen molar-refractivity contribution >= 4 is 5.84 Å². The summed E-state index contributed by atoms with van der Waals surface area (Å²) < 4.78 is 10.00. The highest BCUT2D eigenvalue weighted by Crippen LogP contribution is 1.96. The Hall–Kier alpha value is -0.610. The van der Waals surface area contributed by atoms with Gasteiger partial charge in [0.05, 0.1) is 13.2 Å². The molecule has 66 valence electrons. The molecule has 0 heterocycles. The molecular formula is C7H16N2O2. The summed E-state index contributed by atoms with van der Waals surface area (Å²) >= 11 is 0. The molecular weight excluding hydrogens is 144 g/mol. The molecule has 0 saturated heterocycles. The van der Waals surface area contributed by atoms with E-state index in [0.29, 0.717) is 13.2 Å². The second-order valence-electron chi connectivity index (χ2n) is 2.22. The van der Waals surface area contributed by atoms with Crippen molar-refractivity contribution in [1.29, 1.82) is 5.41 Å². The Balaban J connectivity index is 3.44. The van der Waals surface area contributed by atoms with Gasteiger partial charge in [0, 0.05) is 7.11 Å². The van der Waals surface area contributed by atoms with Crippen LogP contribution >= 0.6 is 0 Å². The molecule has 0 fully saturated rings. The van der Waals surface area contributed by atoms with Gasteiger partial charge in [-0.1, -0.05) is 6.92 Å². The number of rotatable bonds is 6. The van der Waals surface area contributed by atoms with Gasteiger partial charge in [-0.2, -0.15) is 0 Å². The fourth-order valence-electron chi connectivity index (χ4n) is 0.701. The van der Waals surface area contributed by atoms with Gasteiger partial charge in [-0.25, -0.2) is 0 Å². The molecule has 0 saturated carbocycles. The van der Waals surface area contributed by atoms with Gasteiger partial charge in [0.25, 0.3) is 0 Å². The summed E-state index contributed by atoms with van der Waals surface area (Å²) in [5.41, 5.74) is 5.25. The smallest absolute Gasteiger partial charge is 0.120 e. The maximum Gasteiger partial charge on any atom is 0.120 e. The topological polar surface area (TPSA) is 68.3 Å². The van der Waals surface area contributed by atoms with E-state index in [1.165, 1.54) is 0 Å². The highest BCUT2D eigenvalue weighted by atomic mass is 16.5. The lowest BCUT2D eigenvalue weighted by Gasteiger charge is -2.13. The standard InChI is InChI=1S/C7H16N2O2/c1-3-6(7(8)9)11-5-4-10-2/h6H,3-5H2,1-2H3,(H3,8,9). The van der Waals surface area contributed by atoms with Crippen LogP contribution in [0.15, 0.2) is 0 Å². The summed E-state index contributed by atoms with van der Waals surface area (Å²) in [6, 6.07) is 0. The third-order valence-corrected chi connectivity index (χ3v) is 1.32. The van der Waals surface area contributed by atoms with E-state index in [2.05, 4.69) is 0 Å². The first kappa shape index (κ1) is 10.4. The molecule has 0 aliphatic heterocycles. The van der Waals surface area contributed by atoms with E-state index < -0.39 is 0 Å². The van der Waals surface area contributed by atoms with Crippen LogP contribution in [0, 0.1) is 5.41 Å². The number of hydrogen-bond donors (Lipinski definition) is 2. The lowest BCUT2D eigenvalue weighted by Crippen LogP contribution is -2.30. The van der Waals surface area contributed by atoms with E-state index in [9.17, 15) is 0 Å². The first-order chi connectivity index (χ1) is 5.22. The third-order valence-electron chi connectivity index (χ3n) is 1.32. The Morgan fingerprint density at radius 3 is 2.55 bits per heavy atom. The van der Waals surface area contributed by atoms with E-state index in [-0.39, 0.29) is 11.9 Å². The maximum absolute atomic E-state index is 7.10. The van der Waals surface area contributed by atoms with Crippen LogP contribution in [0.3, 0.4) is 0 Å². The van der Waals surface area contributed by atoms with Gasteiger partial charge in [-0.3, -0.25) is 5.41 Å². The summed E-state index contributed by atoms with van der Waals surface area (Å²) in [5.74, 6) is 0.0867. The number of nitrogens with one attached hydrogen (secondary N) is 1. The van der Waals surface area contributed by atoms with Gasteiger partial charge in [0.15, 0.2) is 0 Å². The predicted octanol–water partition coefficient (Wildman–Crippen LogP) is 0.364. The molecule has 0 amide bonds. The molecule has 0 rings (SSSR count). The van der Waals surface area contributed by atoms with Crippen molar-refractivity contribution in [2.45, 2.75) is 19.4 Å². The predicted molar refractivity (Wildman–Crippen MR) is 43.8 cm³/mol. The highest BCUT2D eigenvalue weighted by Gasteiger charge is 2.08. The van der Waals surface area contributed by atoms with Gasteiger partial charge in [-0.15, -0.1) is 0 Å². The Labute approximate surface area is 67.2 Å². The molecule has 0 aromatic heterocycles. The zero-order chi connectivity index (χ0) is 8.69. The van der Waals surface area contributed by atoms with Crippen molar-refractivity contribution < 1.29 is 9.47 Å². The minimum absolute atomic E-state index is 0.0867. The molecule has 3 N–H and O–H groups in total. The second-order valence-corrected chi connectivity index (χ2v) is 2.22. The second kappa shape index (κ2) is 6.12. The number of amidine groups is 1. The molecule has 0 radical (unpaired) electrons. The molecule has 4 heteroatoms. The van der Waals surface area contributed by atoms with E-state index in [1.807, 2.05) is 6.92 Å². The summed E-state index contributed by atoms with van der Waals surface area (Å²) in [4.78, 5) is 0. The Morgan fingerprint density at radius 1 is 1.55 bits per heavy atom. The normalized spacial score (nSPS) is 12.9. The molecule has 0 aliphatic rings. The van der Waals surface area contributed by atoms with Crippen molar-refractivity contribution in [2.75, 3.05) is 20.3 Å². The zero-order valence-electron chi connectivity index (χ0n) is 7.09. The summed E-state index contributed by atoms with van der Waals surface area (Å²) in [5, 5.41) is 7.10. The Bertz CT molecular complexity index is 117. The van der Waals surface area contributed by atoms with E-state index in [4.69, 9.17) is 20.6 Å². The Kier molecular flexibility index (Phi) is 5.78. The SMILES string of the molecule is CCC(OCCOC)C(=N)N. The molecule has 4 nitrogen and oxygen atoms in total. The molecule has 0 spiro atoms. The van der Waals surface area contributed by atoms with Crippen LogP contribution in [-0.2, 0) is 9.47 Å². The fraction of sp³-hybridized carbons (Fsp3) is 0.857. The van der Waals surface area contributed by atoms with Crippen molar-refractivity contribution in [3.63, 3.8) is 0 Å². The third kappa shape index (κ3) is 4.75. The Morgan fingerprint density at radius 2 is 2.18 bits per heavy atom. The number of nitrogens with two attached hydrogens (primary N) is 1. The van der Waals surface area contributed by atoms with Crippen LogP contribution in [-0.4, -0.2) is 32.3 Å². The van der Waals surface area contributed by atoms with E-state index >= 15 is 0 Å². The summed E-state index contributed by atoms with van der Waals surface area (Å²) in [7, 11) is 1.61. The summed E-state index contributed by atoms with van der Waals surface area (Å²) in [6.07, 6.45) is 0.490. The van der Waals surface area contributed by atoms with Crippen LogP contribution in [0.25, 0.3) is 0 Å². The molecule has 11 heavy (non-hydrogen) atoms. The fourth-order valence-corrected chi connectivity index (χ4v) is 0.701. The van der Waals surface area contributed by atoms with Gasteiger partial charge in [-0.05, 0) is 6.42 Å². The molecule has 1 unspecified atom stereocenters. The first-order valence-electron chi connectivity index (χ1n) is 3.66. The molecule has 0 aromatic rings. The minimum atomic E-state index is -0.245. The monoisotopic (exact) mass is 160 g/mol. The molecule has 1 atom stereocenters. The van der Waals surface area contributed by atoms with Crippen LogP contribution in [0.4, 0.5) is 0 Å². The maximum atomic E-state index is 7.10.